The molecule has 6 nitrogen and oxygen atoms in total. The molecule has 4 aromatic rings. The van der Waals surface area contributed by atoms with E-state index in [4.69, 9.17) is 0 Å². The second-order valence-electron chi connectivity index (χ2n) is 6.86. The van der Waals surface area contributed by atoms with Gasteiger partial charge in [-0.1, -0.05) is 94.4 Å². The first-order valence-corrected chi connectivity index (χ1v) is 11.9. The first-order valence-electron chi connectivity index (χ1n) is 10.1. The molecule has 0 fully saturated rings. The van der Waals surface area contributed by atoms with Gasteiger partial charge in [-0.05, 0) is 35.9 Å². The molecule has 8 heteroatoms. The van der Waals surface area contributed by atoms with E-state index >= 15 is 0 Å². The summed E-state index contributed by atoms with van der Waals surface area (Å²) in [5.74, 6) is 0.643. The average molecular weight is 518 g/mol. The number of halogens is 1. The van der Waals surface area contributed by atoms with Crippen LogP contribution in [0.15, 0.2) is 106 Å². The highest BCUT2D eigenvalue weighted by Crippen LogP contribution is 2.28. The number of hydrogen-bond donors (Lipinski definition) is 1. The van der Waals surface area contributed by atoms with E-state index in [1.165, 1.54) is 11.8 Å². The van der Waals surface area contributed by atoms with E-state index in [9.17, 15) is 4.79 Å². The summed E-state index contributed by atoms with van der Waals surface area (Å²) in [4.78, 5) is 12.3. The summed E-state index contributed by atoms with van der Waals surface area (Å²) < 4.78 is 2.93. The van der Waals surface area contributed by atoms with Gasteiger partial charge in [0.15, 0.2) is 11.0 Å². The van der Waals surface area contributed by atoms with Crippen molar-refractivity contribution in [1.29, 1.82) is 0 Å². The predicted molar refractivity (Wildman–Crippen MR) is 137 cm³/mol. The number of aromatic nitrogens is 3. The predicted octanol–water partition coefficient (Wildman–Crippen LogP) is 5.60. The number of allylic oxidation sites excluding steroid dienone is 1. The summed E-state index contributed by atoms with van der Waals surface area (Å²) in [7, 11) is 0. The summed E-state index contributed by atoms with van der Waals surface area (Å²) in [6.07, 6.45) is 5.24. The van der Waals surface area contributed by atoms with E-state index < -0.39 is 0 Å². The monoisotopic (exact) mass is 517 g/mol. The zero-order valence-electron chi connectivity index (χ0n) is 17.5. The summed E-state index contributed by atoms with van der Waals surface area (Å²) in [6, 6.07) is 27.6. The van der Waals surface area contributed by atoms with Gasteiger partial charge in [0, 0.05) is 21.9 Å². The topological polar surface area (TPSA) is 72.2 Å². The fraction of sp³-hybridized carbons (Fsp3) is 0.0400. The zero-order chi connectivity index (χ0) is 22.9. The van der Waals surface area contributed by atoms with Crippen LogP contribution in [0.3, 0.4) is 0 Å². The van der Waals surface area contributed by atoms with Crippen molar-refractivity contribution >= 4 is 45.9 Å². The lowest BCUT2D eigenvalue weighted by molar-refractivity contribution is -0.118. The van der Waals surface area contributed by atoms with E-state index in [-0.39, 0.29) is 11.7 Å². The molecule has 33 heavy (non-hydrogen) atoms. The van der Waals surface area contributed by atoms with E-state index in [0.29, 0.717) is 11.0 Å². The smallest absolute Gasteiger partial charge is 0.250 e. The number of carbonyl (C=O) groups excluding carboxylic acids is 1. The molecule has 0 radical (unpaired) electrons. The molecule has 0 aliphatic heterocycles. The van der Waals surface area contributed by atoms with Crippen molar-refractivity contribution in [3.8, 4) is 17.1 Å². The van der Waals surface area contributed by atoms with Crippen molar-refractivity contribution in [2.45, 2.75) is 5.16 Å². The number of hydrogen-bond acceptors (Lipinski definition) is 5. The minimum atomic E-state index is -0.226. The molecule has 0 saturated carbocycles. The Morgan fingerprint density at radius 3 is 2.39 bits per heavy atom. The molecular formula is C25H20BrN5OS. The lowest BCUT2D eigenvalue weighted by Gasteiger charge is -2.10. The van der Waals surface area contributed by atoms with Crippen LogP contribution in [-0.2, 0) is 4.79 Å². The highest BCUT2D eigenvalue weighted by atomic mass is 79.9. The normalized spacial score (nSPS) is 11.3. The summed E-state index contributed by atoms with van der Waals surface area (Å²) >= 11 is 4.78. The lowest BCUT2D eigenvalue weighted by atomic mass is 10.2. The van der Waals surface area contributed by atoms with Crippen LogP contribution >= 0.6 is 27.7 Å². The molecule has 0 spiro atoms. The molecule has 0 unspecified atom stereocenters. The molecule has 3 aromatic carbocycles. The second kappa shape index (κ2) is 11.4. The molecule has 1 aromatic heterocycles. The molecule has 1 heterocycles. The van der Waals surface area contributed by atoms with Crippen molar-refractivity contribution in [3.05, 3.63) is 101 Å². The van der Waals surface area contributed by atoms with Crippen LogP contribution in [0.2, 0.25) is 0 Å². The van der Waals surface area contributed by atoms with Crippen LogP contribution in [0.25, 0.3) is 23.2 Å². The summed E-state index contributed by atoms with van der Waals surface area (Å²) in [5.41, 5.74) is 5.46. The number of nitrogens with zero attached hydrogens (tertiary/aromatic N) is 4. The first-order chi connectivity index (χ1) is 16.2. The van der Waals surface area contributed by atoms with E-state index in [0.717, 1.165) is 21.3 Å². The molecule has 164 valence electrons. The number of amides is 1. The molecular weight excluding hydrogens is 498 g/mol. The van der Waals surface area contributed by atoms with Gasteiger partial charge in [-0.25, -0.2) is 5.43 Å². The van der Waals surface area contributed by atoms with E-state index in [1.807, 2.05) is 95.6 Å². The van der Waals surface area contributed by atoms with Crippen LogP contribution in [0, 0.1) is 0 Å². The largest absolute Gasteiger partial charge is 0.272 e. The number of benzene rings is 3. The van der Waals surface area contributed by atoms with Gasteiger partial charge >= 0.3 is 0 Å². The molecule has 1 N–H and O–H groups in total. The van der Waals surface area contributed by atoms with Crippen molar-refractivity contribution in [3.63, 3.8) is 0 Å². The van der Waals surface area contributed by atoms with Gasteiger partial charge < -0.3 is 0 Å². The number of nitrogens with one attached hydrogen (secondary N) is 1. The quantitative estimate of drug-likeness (QED) is 0.187. The Hall–Kier alpha value is -3.49. The fourth-order valence-corrected chi connectivity index (χ4v) is 4.00. The Morgan fingerprint density at radius 2 is 1.67 bits per heavy atom. The Labute approximate surface area is 204 Å². The van der Waals surface area contributed by atoms with Crippen LogP contribution in [0.1, 0.15) is 5.56 Å². The van der Waals surface area contributed by atoms with Gasteiger partial charge in [0.05, 0.1) is 5.75 Å². The van der Waals surface area contributed by atoms with Gasteiger partial charge in [-0.15, -0.1) is 10.2 Å². The van der Waals surface area contributed by atoms with E-state index in [2.05, 4.69) is 36.7 Å². The van der Waals surface area contributed by atoms with Crippen molar-refractivity contribution in [2.24, 2.45) is 5.10 Å². The summed E-state index contributed by atoms with van der Waals surface area (Å²) in [5, 5.41) is 13.3. The third-order valence-corrected chi connectivity index (χ3v) is 5.98. The van der Waals surface area contributed by atoms with Crippen LogP contribution in [-0.4, -0.2) is 32.6 Å². The maximum Gasteiger partial charge on any atom is 0.250 e. The lowest BCUT2D eigenvalue weighted by Crippen LogP contribution is -2.19. The van der Waals surface area contributed by atoms with Gasteiger partial charge in [-0.2, -0.15) is 5.10 Å². The molecule has 0 bridgehead atoms. The molecule has 0 aliphatic rings. The number of carbonyl (C=O) groups is 1. The SMILES string of the molecule is O=C(CSc1nnc(-c2ccccc2)n1-c1ccc(Br)cc1)N/N=C/C=C/c1ccccc1. The molecule has 0 aliphatic carbocycles. The Balaban J connectivity index is 1.44. The van der Waals surface area contributed by atoms with Gasteiger partial charge in [0.1, 0.15) is 0 Å². The highest BCUT2D eigenvalue weighted by molar-refractivity contribution is 9.10. The number of hydrazone groups is 1. The fourth-order valence-electron chi connectivity index (χ4n) is 2.99. The van der Waals surface area contributed by atoms with Crippen molar-refractivity contribution in [2.75, 3.05) is 5.75 Å². The third-order valence-electron chi connectivity index (χ3n) is 4.52. The van der Waals surface area contributed by atoms with E-state index in [1.54, 1.807) is 12.3 Å². The maximum absolute atomic E-state index is 12.3. The summed E-state index contributed by atoms with van der Waals surface area (Å²) in [6.45, 7) is 0. The van der Waals surface area contributed by atoms with Crippen LogP contribution in [0.5, 0.6) is 0 Å². The number of rotatable bonds is 8. The Bertz CT molecular complexity index is 1260. The van der Waals surface area contributed by atoms with Gasteiger partial charge in [-0.3, -0.25) is 9.36 Å². The maximum atomic E-state index is 12.3. The van der Waals surface area contributed by atoms with Crippen LogP contribution in [0.4, 0.5) is 0 Å². The average Bonchev–Trinajstić information content (AvgIpc) is 3.28. The van der Waals surface area contributed by atoms with Crippen LogP contribution < -0.4 is 5.43 Å². The number of thioether (sulfide) groups is 1. The zero-order valence-corrected chi connectivity index (χ0v) is 19.9. The Kier molecular flexibility index (Phi) is 7.84. The standard InChI is InChI=1S/C25H20BrN5OS/c26-21-13-15-22(16-14-21)31-24(20-11-5-2-6-12-20)29-30-25(31)33-18-23(32)28-27-17-7-10-19-8-3-1-4-9-19/h1-17H,18H2,(H,28,32)/b10-7+,27-17+. The third kappa shape index (κ3) is 6.27. The molecule has 0 atom stereocenters. The van der Waals surface area contributed by atoms with Gasteiger partial charge in [0.25, 0.3) is 5.91 Å². The van der Waals surface area contributed by atoms with Gasteiger partial charge in [0.2, 0.25) is 0 Å². The molecule has 0 saturated heterocycles. The molecule has 4 rings (SSSR count). The minimum absolute atomic E-state index is 0.156. The molecule has 1 amide bonds. The first kappa shape index (κ1) is 22.7. The second-order valence-corrected chi connectivity index (χ2v) is 8.71. The van der Waals surface area contributed by atoms with Crippen molar-refractivity contribution in [1.82, 2.24) is 20.2 Å². The van der Waals surface area contributed by atoms with Crippen molar-refractivity contribution < 1.29 is 4.79 Å². The highest BCUT2D eigenvalue weighted by Gasteiger charge is 2.17. The Morgan fingerprint density at radius 1 is 0.970 bits per heavy atom. The minimum Gasteiger partial charge on any atom is -0.272 e.